The molecule has 0 aromatic carbocycles. The van der Waals surface area contributed by atoms with Crippen LogP contribution in [0.1, 0.15) is 46.5 Å². The molecule has 0 radical (unpaired) electrons. The van der Waals surface area contributed by atoms with Gasteiger partial charge in [-0.05, 0) is 51.4 Å². The summed E-state index contributed by atoms with van der Waals surface area (Å²) in [5, 5.41) is 3.57. The Balaban J connectivity index is 2.08. The van der Waals surface area contributed by atoms with Crippen molar-refractivity contribution in [3.8, 4) is 0 Å². The zero-order chi connectivity index (χ0) is 11.3. The van der Waals surface area contributed by atoms with Gasteiger partial charge >= 0.3 is 0 Å². The number of hydrogen-bond acceptors (Lipinski definition) is 2. The number of piperidine rings is 1. The molecule has 1 aliphatic rings. The van der Waals surface area contributed by atoms with Gasteiger partial charge in [-0.25, -0.2) is 0 Å². The molecule has 0 saturated carbocycles. The summed E-state index contributed by atoms with van der Waals surface area (Å²) < 4.78 is 0. The summed E-state index contributed by atoms with van der Waals surface area (Å²) in [7, 11) is 2.27. The topological polar surface area (TPSA) is 15.3 Å². The second kappa shape index (κ2) is 5.86. The van der Waals surface area contributed by atoms with E-state index in [1.807, 2.05) is 0 Å². The smallest absolute Gasteiger partial charge is 0.0104 e. The second-order valence-electron chi connectivity index (χ2n) is 6.16. The van der Waals surface area contributed by atoms with Crippen LogP contribution >= 0.6 is 0 Å². The van der Waals surface area contributed by atoms with Crippen molar-refractivity contribution in [2.24, 2.45) is 5.41 Å². The van der Waals surface area contributed by atoms with Gasteiger partial charge in [0.15, 0.2) is 0 Å². The monoisotopic (exact) mass is 212 g/mol. The lowest BCUT2D eigenvalue weighted by Gasteiger charge is -2.32. The molecule has 1 saturated heterocycles. The van der Waals surface area contributed by atoms with Crippen LogP contribution < -0.4 is 5.32 Å². The Labute approximate surface area is 95.4 Å². The zero-order valence-corrected chi connectivity index (χ0v) is 11.0. The van der Waals surface area contributed by atoms with Crippen LogP contribution in [0.25, 0.3) is 0 Å². The number of nitrogens with one attached hydrogen (secondary N) is 1. The molecule has 1 fully saturated rings. The average Bonchev–Trinajstić information content (AvgIpc) is 2.13. The van der Waals surface area contributed by atoms with Gasteiger partial charge in [-0.1, -0.05) is 27.2 Å². The van der Waals surface area contributed by atoms with Crippen LogP contribution in [0.2, 0.25) is 0 Å². The average molecular weight is 212 g/mol. The third-order valence-corrected chi connectivity index (χ3v) is 3.23. The quantitative estimate of drug-likeness (QED) is 0.720. The van der Waals surface area contributed by atoms with Crippen molar-refractivity contribution in [3.63, 3.8) is 0 Å². The molecule has 1 rings (SSSR count). The predicted octanol–water partition coefficient (Wildman–Crippen LogP) is 2.50. The van der Waals surface area contributed by atoms with Crippen LogP contribution in [-0.2, 0) is 0 Å². The zero-order valence-electron chi connectivity index (χ0n) is 11.0. The SMILES string of the molecule is CN1CCCCC1CCNCC(C)(C)C. The third kappa shape index (κ3) is 5.53. The first-order valence-electron chi connectivity index (χ1n) is 6.40. The van der Waals surface area contributed by atoms with Crippen molar-refractivity contribution < 1.29 is 0 Å². The fourth-order valence-electron chi connectivity index (χ4n) is 2.24. The molecule has 1 unspecified atom stereocenters. The van der Waals surface area contributed by atoms with E-state index in [4.69, 9.17) is 0 Å². The summed E-state index contributed by atoms with van der Waals surface area (Å²) >= 11 is 0. The standard InChI is InChI=1S/C13H28N2/c1-13(2,3)11-14-9-8-12-7-5-6-10-15(12)4/h12,14H,5-11H2,1-4H3. The molecule has 0 aromatic rings. The van der Waals surface area contributed by atoms with Gasteiger partial charge in [-0.15, -0.1) is 0 Å². The van der Waals surface area contributed by atoms with Crippen molar-refractivity contribution in [3.05, 3.63) is 0 Å². The largest absolute Gasteiger partial charge is 0.316 e. The summed E-state index contributed by atoms with van der Waals surface area (Å²) in [4.78, 5) is 2.53. The molecular formula is C13H28N2. The van der Waals surface area contributed by atoms with E-state index >= 15 is 0 Å². The van der Waals surface area contributed by atoms with Crippen LogP contribution in [0.15, 0.2) is 0 Å². The third-order valence-electron chi connectivity index (χ3n) is 3.23. The second-order valence-corrected chi connectivity index (χ2v) is 6.16. The Morgan fingerprint density at radius 2 is 2.00 bits per heavy atom. The molecule has 15 heavy (non-hydrogen) atoms. The van der Waals surface area contributed by atoms with E-state index < -0.39 is 0 Å². The minimum Gasteiger partial charge on any atom is -0.316 e. The highest BCUT2D eigenvalue weighted by molar-refractivity contribution is 4.75. The van der Waals surface area contributed by atoms with Crippen molar-refractivity contribution >= 4 is 0 Å². The highest BCUT2D eigenvalue weighted by Crippen LogP contribution is 2.17. The number of rotatable bonds is 4. The molecule has 0 spiro atoms. The molecule has 2 nitrogen and oxygen atoms in total. The van der Waals surface area contributed by atoms with E-state index in [9.17, 15) is 0 Å². The van der Waals surface area contributed by atoms with Gasteiger partial charge in [0.1, 0.15) is 0 Å². The van der Waals surface area contributed by atoms with E-state index in [1.54, 1.807) is 0 Å². The van der Waals surface area contributed by atoms with Crippen LogP contribution in [0.4, 0.5) is 0 Å². The fraction of sp³-hybridized carbons (Fsp3) is 1.00. The Kier molecular flexibility index (Phi) is 5.07. The lowest BCUT2D eigenvalue weighted by atomic mass is 9.96. The highest BCUT2D eigenvalue weighted by atomic mass is 15.1. The van der Waals surface area contributed by atoms with E-state index in [2.05, 4.69) is 38.0 Å². The molecule has 0 amide bonds. The van der Waals surface area contributed by atoms with Crippen LogP contribution in [0.3, 0.4) is 0 Å². The Bertz CT molecular complexity index is 172. The van der Waals surface area contributed by atoms with Crippen molar-refractivity contribution in [1.29, 1.82) is 0 Å². The Hall–Kier alpha value is -0.0800. The van der Waals surface area contributed by atoms with Gasteiger partial charge in [0.25, 0.3) is 0 Å². The van der Waals surface area contributed by atoms with Crippen LogP contribution in [0, 0.1) is 5.41 Å². The summed E-state index contributed by atoms with van der Waals surface area (Å²) in [6.45, 7) is 10.5. The molecule has 0 aliphatic carbocycles. The lowest BCUT2D eigenvalue weighted by Crippen LogP contribution is -2.39. The van der Waals surface area contributed by atoms with E-state index in [0.29, 0.717) is 5.41 Å². The molecule has 90 valence electrons. The number of hydrogen-bond donors (Lipinski definition) is 1. The number of likely N-dealkylation sites (tertiary alicyclic amines) is 1. The molecular weight excluding hydrogens is 184 g/mol. The number of nitrogens with zero attached hydrogens (tertiary/aromatic N) is 1. The van der Waals surface area contributed by atoms with E-state index in [-0.39, 0.29) is 0 Å². The predicted molar refractivity (Wildman–Crippen MR) is 67.2 cm³/mol. The van der Waals surface area contributed by atoms with Crippen LogP contribution in [0.5, 0.6) is 0 Å². The maximum absolute atomic E-state index is 3.57. The minimum absolute atomic E-state index is 0.415. The Morgan fingerprint density at radius 3 is 2.60 bits per heavy atom. The summed E-state index contributed by atoms with van der Waals surface area (Å²) in [5.41, 5.74) is 0.415. The summed E-state index contributed by atoms with van der Waals surface area (Å²) in [5.74, 6) is 0. The van der Waals surface area contributed by atoms with Gasteiger partial charge in [-0.2, -0.15) is 0 Å². The maximum atomic E-state index is 3.57. The molecule has 1 N–H and O–H groups in total. The fourth-order valence-corrected chi connectivity index (χ4v) is 2.24. The molecule has 2 heteroatoms. The van der Waals surface area contributed by atoms with Gasteiger partial charge in [-0.3, -0.25) is 0 Å². The Morgan fingerprint density at radius 1 is 1.27 bits per heavy atom. The van der Waals surface area contributed by atoms with Crippen molar-refractivity contribution in [2.45, 2.75) is 52.5 Å². The van der Waals surface area contributed by atoms with Crippen LogP contribution in [-0.4, -0.2) is 37.6 Å². The maximum Gasteiger partial charge on any atom is 0.0104 e. The van der Waals surface area contributed by atoms with Crippen molar-refractivity contribution in [2.75, 3.05) is 26.7 Å². The van der Waals surface area contributed by atoms with E-state index in [1.165, 1.54) is 38.8 Å². The highest BCUT2D eigenvalue weighted by Gasteiger charge is 2.18. The summed E-state index contributed by atoms with van der Waals surface area (Å²) in [6.07, 6.45) is 5.52. The molecule has 1 aliphatic heterocycles. The summed E-state index contributed by atoms with van der Waals surface area (Å²) in [6, 6.07) is 0.825. The molecule has 0 aromatic heterocycles. The first-order chi connectivity index (χ1) is 6.99. The van der Waals surface area contributed by atoms with Gasteiger partial charge in [0, 0.05) is 6.04 Å². The molecule has 0 bridgehead atoms. The van der Waals surface area contributed by atoms with Crippen molar-refractivity contribution in [1.82, 2.24) is 10.2 Å². The first-order valence-corrected chi connectivity index (χ1v) is 6.40. The first kappa shape index (κ1) is 13.0. The van der Waals surface area contributed by atoms with Gasteiger partial charge < -0.3 is 10.2 Å². The van der Waals surface area contributed by atoms with E-state index in [0.717, 1.165) is 12.6 Å². The van der Waals surface area contributed by atoms with Gasteiger partial charge in [0.05, 0.1) is 0 Å². The molecule has 1 atom stereocenters. The van der Waals surface area contributed by atoms with Gasteiger partial charge in [0.2, 0.25) is 0 Å². The lowest BCUT2D eigenvalue weighted by molar-refractivity contribution is 0.174. The minimum atomic E-state index is 0.415. The molecule has 1 heterocycles. The normalized spacial score (nSPS) is 24.4.